The summed E-state index contributed by atoms with van der Waals surface area (Å²) in [4.78, 5) is 20.7. The average molecular weight is 357 g/mol. The van der Waals surface area contributed by atoms with Gasteiger partial charge in [-0.15, -0.1) is 0 Å². The van der Waals surface area contributed by atoms with Crippen LogP contribution in [-0.2, 0) is 0 Å². The maximum Gasteiger partial charge on any atom is 0.275 e. The summed E-state index contributed by atoms with van der Waals surface area (Å²) >= 11 is 0. The van der Waals surface area contributed by atoms with Crippen LogP contribution in [0.1, 0.15) is 41.4 Å². The molecule has 1 heterocycles. The van der Waals surface area contributed by atoms with E-state index < -0.39 is 0 Å². The van der Waals surface area contributed by atoms with E-state index in [-0.39, 0.29) is 11.6 Å². The maximum atomic E-state index is 12.3. The number of amides is 1. The van der Waals surface area contributed by atoms with Gasteiger partial charge in [-0.3, -0.25) is 4.79 Å². The predicted molar refractivity (Wildman–Crippen MR) is 105 cm³/mol. The summed E-state index contributed by atoms with van der Waals surface area (Å²) in [6.07, 6.45) is 2.92. The third kappa shape index (κ3) is 4.67. The van der Waals surface area contributed by atoms with E-state index in [4.69, 9.17) is 5.26 Å². The minimum atomic E-state index is -0.315. The standard InChI is InChI=1S/C21H19N5O/c1-14(2)16-5-9-18(10-6-16)26-21(27)19-12-24-20(13-23-19)25-17-7-3-15(11-22)4-8-17/h3-10,12-14H,1-2H3,(H,24,25)(H,26,27). The molecule has 1 amide bonds. The molecule has 0 bridgehead atoms. The molecule has 0 aliphatic heterocycles. The first-order valence-corrected chi connectivity index (χ1v) is 8.55. The fourth-order valence-corrected chi connectivity index (χ4v) is 2.43. The SMILES string of the molecule is CC(C)c1ccc(NC(=O)c2cnc(Nc3ccc(C#N)cc3)cn2)cc1. The molecule has 0 saturated carbocycles. The van der Waals surface area contributed by atoms with Gasteiger partial charge in [0.2, 0.25) is 0 Å². The van der Waals surface area contributed by atoms with Crippen molar-refractivity contribution in [1.82, 2.24) is 9.97 Å². The summed E-state index contributed by atoms with van der Waals surface area (Å²) in [6, 6.07) is 16.8. The normalized spacial score (nSPS) is 10.3. The number of hydrogen-bond donors (Lipinski definition) is 2. The first-order chi connectivity index (χ1) is 13.0. The average Bonchev–Trinajstić information content (AvgIpc) is 2.69. The van der Waals surface area contributed by atoms with Crippen LogP contribution in [-0.4, -0.2) is 15.9 Å². The summed E-state index contributed by atoms with van der Waals surface area (Å²) in [5, 5.41) is 14.7. The highest BCUT2D eigenvalue weighted by atomic mass is 16.1. The molecule has 6 heteroatoms. The van der Waals surface area contributed by atoms with Crippen molar-refractivity contribution in [2.75, 3.05) is 10.6 Å². The number of carbonyl (C=O) groups excluding carboxylic acids is 1. The van der Waals surface area contributed by atoms with Crippen molar-refractivity contribution < 1.29 is 4.79 Å². The van der Waals surface area contributed by atoms with Crippen molar-refractivity contribution in [2.45, 2.75) is 19.8 Å². The molecule has 0 unspecified atom stereocenters. The molecule has 0 fully saturated rings. The van der Waals surface area contributed by atoms with E-state index >= 15 is 0 Å². The van der Waals surface area contributed by atoms with Crippen molar-refractivity contribution in [1.29, 1.82) is 5.26 Å². The summed E-state index contributed by atoms with van der Waals surface area (Å²) in [6.45, 7) is 4.24. The number of nitriles is 1. The summed E-state index contributed by atoms with van der Waals surface area (Å²) in [7, 11) is 0. The van der Waals surface area contributed by atoms with E-state index in [0.717, 1.165) is 5.69 Å². The number of carbonyl (C=O) groups is 1. The number of hydrogen-bond acceptors (Lipinski definition) is 5. The van der Waals surface area contributed by atoms with Crippen molar-refractivity contribution in [3.8, 4) is 6.07 Å². The molecule has 134 valence electrons. The predicted octanol–water partition coefficient (Wildman–Crippen LogP) is 4.47. The van der Waals surface area contributed by atoms with Crippen LogP contribution >= 0.6 is 0 Å². The van der Waals surface area contributed by atoms with Crippen LogP contribution in [0, 0.1) is 11.3 Å². The third-order valence-electron chi connectivity index (χ3n) is 4.01. The number of nitrogens with zero attached hydrogens (tertiary/aromatic N) is 3. The Hall–Kier alpha value is -3.72. The number of nitrogens with one attached hydrogen (secondary N) is 2. The Kier molecular flexibility index (Phi) is 5.43. The minimum Gasteiger partial charge on any atom is -0.339 e. The highest BCUT2D eigenvalue weighted by Crippen LogP contribution is 2.18. The van der Waals surface area contributed by atoms with Gasteiger partial charge in [-0.1, -0.05) is 26.0 Å². The van der Waals surface area contributed by atoms with E-state index in [2.05, 4.69) is 40.5 Å². The van der Waals surface area contributed by atoms with Crippen LogP contribution in [0.2, 0.25) is 0 Å². The fourth-order valence-electron chi connectivity index (χ4n) is 2.43. The van der Waals surface area contributed by atoms with Crippen molar-refractivity contribution in [3.63, 3.8) is 0 Å². The van der Waals surface area contributed by atoms with Crippen LogP contribution in [0.3, 0.4) is 0 Å². The zero-order valence-corrected chi connectivity index (χ0v) is 15.1. The maximum absolute atomic E-state index is 12.3. The van der Waals surface area contributed by atoms with Crippen LogP contribution in [0.4, 0.5) is 17.2 Å². The van der Waals surface area contributed by atoms with Gasteiger partial charge in [-0.25, -0.2) is 9.97 Å². The molecule has 1 aromatic heterocycles. The van der Waals surface area contributed by atoms with E-state index in [0.29, 0.717) is 23.0 Å². The van der Waals surface area contributed by atoms with Crippen LogP contribution in [0.15, 0.2) is 60.9 Å². The highest BCUT2D eigenvalue weighted by molar-refractivity contribution is 6.02. The van der Waals surface area contributed by atoms with Gasteiger partial charge in [-0.05, 0) is 47.9 Å². The molecule has 0 spiro atoms. The first kappa shape index (κ1) is 18.1. The smallest absolute Gasteiger partial charge is 0.275 e. The largest absolute Gasteiger partial charge is 0.339 e. The molecule has 2 N–H and O–H groups in total. The second kappa shape index (κ2) is 8.11. The lowest BCUT2D eigenvalue weighted by Gasteiger charge is -2.09. The van der Waals surface area contributed by atoms with E-state index in [1.165, 1.54) is 18.0 Å². The second-order valence-corrected chi connectivity index (χ2v) is 6.33. The Labute approximate surface area is 157 Å². The number of rotatable bonds is 5. The zero-order valence-electron chi connectivity index (χ0n) is 15.1. The third-order valence-corrected chi connectivity index (χ3v) is 4.01. The highest BCUT2D eigenvalue weighted by Gasteiger charge is 2.09. The Morgan fingerprint density at radius 2 is 1.63 bits per heavy atom. The fraction of sp³-hybridized carbons (Fsp3) is 0.143. The number of aromatic nitrogens is 2. The van der Waals surface area contributed by atoms with Gasteiger partial charge in [0.25, 0.3) is 5.91 Å². The number of anilines is 3. The Morgan fingerprint density at radius 1 is 0.963 bits per heavy atom. The van der Waals surface area contributed by atoms with Gasteiger partial charge in [-0.2, -0.15) is 5.26 Å². The van der Waals surface area contributed by atoms with Crippen molar-refractivity contribution in [2.24, 2.45) is 0 Å². The quantitative estimate of drug-likeness (QED) is 0.703. The molecule has 0 saturated heterocycles. The van der Waals surface area contributed by atoms with E-state index in [1.54, 1.807) is 24.3 Å². The Bertz CT molecular complexity index is 955. The monoisotopic (exact) mass is 357 g/mol. The van der Waals surface area contributed by atoms with Gasteiger partial charge in [0.15, 0.2) is 0 Å². The lowest BCUT2D eigenvalue weighted by atomic mass is 10.0. The molecular formula is C21H19N5O. The summed E-state index contributed by atoms with van der Waals surface area (Å²) in [5.74, 6) is 0.638. The molecule has 0 aliphatic rings. The van der Waals surface area contributed by atoms with Crippen molar-refractivity contribution >= 4 is 23.1 Å². The van der Waals surface area contributed by atoms with Crippen LogP contribution < -0.4 is 10.6 Å². The minimum absolute atomic E-state index is 0.230. The summed E-state index contributed by atoms with van der Waals surface area (Å²) in [5.41, 5.74) is 3.52. The first-order valence-electron chi connectivity index (χ1n) is 8.55. The topological polar surface area (TPSA) is 90.7 Å². The molecule has 3 rings (SSSR count). The second-order valence-electron chi connectivity index (χ2n) is 6.33. The molecule has 6 nitrogen and oxygen atoms in total. The lowest BCUT2D eigenvalue weighted by Crippen LogP contribution is -2.14. The van der Waals surface area contributed by atoms with Crippen LogP contribution in [0.5, 0.6) is 0 Å². The van der Waals surface area contributed by atoms with Crippen molar-refractivity contribution in [3.05, 3.63) is 77.7 Å². The van der Waals surface area contributed by atoms with Gasteiger partial charge in [0.05, 0.1) is 24.0 Å². The summed E-state index contributed by atoms with van der Waals surface area (Å²) < 4.78 is 0. The Morgan fingerprint density at radius 3 is 2.19 bits per heavy atom. The van der Waals surface area contributed by atoms with Gasteiger partial charge in [0, 0.05) is 11.4 Å². The van der Waals surface area contributed by atoms with Gasteiger partial charge >= 0.3 is 0 Å². The van der Waals surface area contributed by atoms with E-state index in [9.17, 15) is 4.79 Å². The number of benzene rings is 2. The molecule has 3 aromatic rings. The molecular weight excluding hydrogens is 338 g/mol. The molecule has 27 heavy (non-hydrogen) atoms. The molecule has 2 aromatic carbocycles. The van der Waals surface area contributed by atoms with E-state index in [1.807, 2.05) is 24.3 Å². The zero-order chi connectivity index (χ0) is 19.2. The Balaban J connectivity index is 1.63. The lowest BCUT2D eigenvalue weighted by molar-refractivity contribution is 0.102. The van der Waals surface area contributed by atoms with Gasteiger partial charge in [0.1, 0.15) is 11.5 Å². The van der Waals surface area contributed by atoms with Crippen LogP contribution in [0.25, 0.3) is 0 Å². The molecule has 0 aliphatic carbocycles. The molecule has 0 radical (unpaired) electrons. The van der Waals surface area contributed by atoms with Gasteiger partial charge < -0.3 is 10.6 Å². The molecule has 0 atom stereocenters.